The van der Waals surface area contributed by atoms with Gasteiger partial charge in [-0.25, -0.2) is 0 Å². The molecule has 0 bridgehead atoms. The van der Waals surface area contributed by atoms with E-state index in [1.54, 1.807) is 0 Å². The molecule has 2 amide bonds. The van der Waals surface area contributed by atoms with Gasteiger partial charge in [-0.3, -0.25) is 9.59 Å². The first-order chi connectivity index (χ1) is 11.1. The van der Waals surface area contributed by atoms with E-state index in [0.717, 1.165) is 38.6 Å². The van der Waals surface area contributed by atoms with E-state index in [1.807, 2.05) is 13.8 Å². The lowest BCUT2D eigenvalue weighted by molar-refractivity contribution is -0.132. The Morgan fingerprint density at radius 2 is 1.74 bits per heavy atom. The third kappa shape index (κ3) is 5.79. The maximum atomic E-state index is 12.5. The van der Waals surface area contributed by atoms with Crippen LogP contribution in [0.3, 0.4) is 0 Å². The van der Waals surface area contributed by atoms with Crippen LogP contribution < -0.4 is 16.0 Å². The summed E-state index contributed by atoms with van der Waals surface area (Å²) in [5.41, 5.74) is 0. The number of carbonyl (C=O) groups excluding carboxylic acids is 2. The molecular weight excluding hydrogens is 290 g/mol. The third-order valence-electron chi connectivity index (χ3n) is 5.16. The Hall–Kier alpha value is -1.10. The van der Waals surface area contributed by atoms with Gasteiger partial charge in [0.05, 0.1) is 0 Å². The molecule has 0 spiro atoms. The van der Waals surface area contributed by atoms with Gasteiger partial charge in [0.25, 0.3) is 0 Å². The Labute approximate surface area is 140 Å². The van der Waals surface area contributed by atoms with Crippen molar-refractivity contribution >= 4 is 11.8 Å². The van der Waals surface area contributed by atoms with E-state index in [9.17, 15) is 9.59 Å². The first kappa shape index (κ1) is 18.2. The summed E-state index contributed by atoms with van der Waals surface area (Å²) in [6, 6.07) is -0.0532. The third-order valence-corrected chi connectivity index (χ3v) is 5.16. The van der Waals surface area contributed by atoms with E-state index in [2.05, 4.69) is 16.0 Å². The standard InChI is InChI=1S/C18H33N3O2/c1-13(2)16(21-17(22)14-8-4-3-5-9-14)18(23)20-12-15-10-6-7-11-19-15/h13-16,19H,3-12H2,1-2H3,(H,20,23)(H,21,22). The van der Waals surface area contributed by atoms with Crippen LogP contribution in [0, 0.1) is 11.8 Å². The molecule has 2 fully saturated rings. The van der Waals surface area contributed by atoms with Crippen LogP contribution in [0.2, 0.25) is 0 Å². The smallest absolute Gasteiger partial charge is 0.242 e. The van der Waals surface area contributed by atoms with Crippen LogP contribution in [0.1, 0.15) is 65.2 Å². The number of hydrogen-bond donors (Lipinski definition) is 3. The van der Waals surface area contributed by atoms with E-state index in [-0.39, 0.29) is 23.7 Å². The minimum Gasteiger partial charge on any atom is -0.353 e. The molecule has 2 unspecified atom stereocenters. The lowest BCUT2D eigenvalue weighted by atomic mass is 9.88. The molecule has 2 atom stereocenters. The van der Waals surface area contributed by atoms with Crippen LogP contribution in [-0.2, 0) is 9.59 Å². The molecule has 5 heteroatoms. The summed E-state index contributed by atoms with van der Waals surface area (Å²) in [5, 5.41) is 9.46. The van der Waals surface area contributed by atoms with Crippen LogP contribution in [-0.4, -0.2) is 37.0 Å². The highest BCUT2D eigenvalue weighted by molar-refractivity contribution is 5.88. The highest BCUT2D eigenvalue weighted by atomic mass is 16.2. The minimum atomic E-state index is -0.423. The normalized spacial score (nSPS) is 24.2. The Balaban J connectivity index is 1.81. The first-order valence-corrected chi connectivity index (χ1v) is 9.39. The fraction of sp³-hybridized carbons (Fsp3) is 0.889. The second-order valence-corrected chi connectivity index (χ2v) is 7.46. The van der Waals surface area contributed by atoms with Crippen molar-refractivity contribution in [1.82, 2.24) is 16.0 Å². The zero-order valence-corrected chi connectivity index (χ0v) is 14.7. The molecule has 0 aromatic carbocycles. The predicted molar refractivity (Wildman–Crippen MR) is 92.0 cm³/mol. The molecule has 1 heterocycles. The molecule has 2 aliphatic rings. The van der Waals surface area contributed by atoms with Crippen LogP contribution in [0.15, 0.2) is 0 Å². The maximum absolute atomic E-state index is 12.5. The van der Waals surface area contributed by atoms with Gasteiger partial charge in [0, 0.05) is 18.5 Å². The molecule has 23 heavy (non-hydrogen) atoms. The van der Waals surface area contributed by atoms with Gasteiger partial charge in [0.1, 0.15) is 6.04 Å². The number of rotatable bonds is 6. The average Bonchev–Trinajstić information content (AvgIpc) is 2.58. The van der Waals surface area contributed by atoms with Gasteiger partial charge in [-0.05, 0) is 38.1 Å². The second kappa shape index (κ2) is 9.26. The molecule has 1 saturated heterocycles. The van der Waals surface area contributed by atoms with E-state index in [0.29, 0.717) is 12.6 Å². The Morgan fingerprint density at radius 1 is 1.04 bits per heavy atom. The molecule has 2 rings (SSSR count). The fourth-order valence-electron chi connectivity index (χ4n) is 3.60. The molecule has 132 valence electrons. The zero-order chi connectivity index (χ0) is 16.7. The number of nitrogens with one attached hydrogen (secondary N) is 3. The summed E-state index contributed by atoms with van der Waals surface area (Å²) in [5.74, 6) is 0.213. The minimum absolute atomic E-state index is 0.0449. The number of amides is 2. The van der Waals surface area contributed by atoms with Gasteiger partial charge in [0.2, 0.25) is 11.8 Å². The summed E-state index contributed by atoms with van der Waals surface area (Å²) in [4.78, 5) is 24.9. The Bertz CT molecular complexity index is 386. The first-order valence-electron chi connectivity index (χ1n) is 9.39. The van der Waals surface area contributed by atoms with Gasteiger partial charge in [0.15, 0.2) is 0 Å². The highest BCUT2D eigenvalue weighted by Gasteiger charge is 2.28. The van der Waals surface area contributed by atoms with E-state index < -0.39 is 6.04 Å². The highest BCUT2D eigenvalue weighted by Crippen LogP contribution is 2.24. The zero-order valence-electron chi connectivity index (χ0n) is 14.7. The lowest BCUT2D eigenvalue weighted by Gasteiger charge is -2.28. The van der Waals surface area contributed by atoms with Crippen LogP contribution >= 0.6 is 0 Å². The molecule has 1 aliphatic heterocycles. The van der Waals surface area contributed by atoms with Crippen molar-refractivity contribution in [1.29, 1.82) is 0 Å². The van der Waals surface area contributed by atoms with Crippen molar-refractivity contribution in [2.75, 3.05) is 13.1 Å². The SMILES string of the molecule is CC(C)C(NC(=O)C1CCCCC1)C(=O)NCC1CCCCN1. The summed E-state index contributed by atoms with van der Waals surface area (Å²) < 4.78 is 0. The van der Waals surface area contributed by atoms with Gasteiger partial charge in [-0.2, -0.15) is 0 Å². The van der Waals surface area contributed by atoms with E-state index in [1.165, 1.54) is 19.3 Å². The van der Waals surface area contributed by atoms with E-state index in [4.69, 9.17) is 0 Å². The maximum Gasteiger partial charge on any atom is 0.242 e. The van der Waals surface area contributed by atoms with Crippen molar-refractivity contribution in [2.24, 2.45) is 11.8 Å². The number of carbonyl (C=O) groups is 2. The molecular formula is C18H33N3O2. The summed E-state index contributed by atoms with van der Waals surface area (Å²) in [6.07, 6.45) is 8.96. The fourth-order valence-corrected chi connectivity index (χ4v) is 3.60. The van der Waals surface area contributed by atoms with Crippen LogP contribution in [0.25, 0.3) is 0 Å². The van der Waals surface area contributed by atoms with Crippen molar-refractivity contribution in [3.8, 4) is 0 Å². The molecule has 1 saturated carbocycles. The second-order valence-electron chi connectivity index (χ2n) is 7.46. The summed E-state index contributed by atoms with van der Waals surface area (Å²) in [7, 11) is 0. The summed E-state index contributed by atoms with van der Waals surface area (Å²) in [6.45, 7) is 5.67. The number of piperidine rings is 1. The van der Waals surface area contributed by atoms with Crippen LogP contribution in [0.5, 0.6) is 0 Å². The molecule has 0 aromatic heterocycles. The largest absolute Gasteiger partial charge is 0.353 e. The quantitative estimate of drug-likeness (QED) is 0.700. The van der Waals surface area contributed by atoms with Crippen molar-refractivity contribution in [2.45, 2.75) is 77.3 Å². The monoisotopic (exact) mass is 323 g/mol. The van der Waals surface area contributed by atoms with Gasteiger partial charge in [-0.1, -0.05) is 39.5 Å². The van der Waals surface area contributed by atoms with Crippen molar-refractivity contribution < 1.29 is 9.59 Å². The molecule has 1 aliphatic carbocycles. The Kier molecular flexibility index (Phi) is 7.34. The topological polar surface area (TPSA) is 70.2 Å². The van der Waals surface area contributed by atoms with Gasteiger partial charge >= 0.3 is 0 Å². The van der Waals surface area contributed by atoms with Gasteiger partial charge in [-0.15, -0.1) is 0 Å². The molecule has 5 nitrogen and oxygen atoms in total. The summed E-state index contributed by atoms with van der Waals surface area (Å²) >= 11 is 0. The molecule has 3 N–H and O–H groups in total. The van der Waals surface area contributed by atoms with Crippen LogP contribution in [0.4, 0.5) is 0 Å². The van der Waals surface area contributed by atoms with Crippen molar-refractivity contribution in [3.05, 3.63) is 0 Å². The van der Waals surface area contributed by atoms with Crippen molar-refractivity contribution in [3.63, 3.8) is 0 Å². The number of hydrogen-bond acceptors (Lipinski definition) is 3. The molecule has 0 aromatic rings. The molecule has 0 radical (unpaired) electrons. The predicted octanol–water partition coefficient (Wildman–Crippen LogP) is 1.97. The Morgan fingerprint density at radius 3 is 2.35 bits per heavy atom. The van der Waals surface area contributed by atoms with Gasteiger partial charge < -0.3 is 16.0 Å². The van der Waals surface area contributed by atoms with E-state index >= 15 is 0 Å². The average molecular weight is 323 g/mol. The lowest BCUT2D eigenvalue weighted by Crippen LogP contribution is -2.53.